The summed E-state index contributed by atoms with van der Waals surface area (Å²) in [6, 6.07) is 5.01. The summed E-state index contributed by atoms with van der Waals surface area (Å²) in [6.07, 6.45) is 0.610. The lowest BCUT2D eigenvalue weighted by molar-refractivity contribution is 0.0697. The van der Waals surface area contributed by atoms with Crippen LogP contribution in [0.25, 0.3) is 11.0 Å². The van der Waals surface area contributed by atoms with Crippen LogP contribution in [0.3, 0.4) is 0 Å². The number of aliphatic hydroxyl groups is 1. The molecule has 0 aliphatic heterocycles. The molecular weight excluding hydrogens is 268 g/mol. The second kappa shape index (κ2) is 5.48. The molecule has 1 aromatic heterocycles. The van der Waals surface area contributed by atoms with Crippen molar-refractivity contribution in [1.82, 2.24) is 9.55 Å². The summed E-state index contributed by atoms with van der Waals surface area (Å²) in [4.78, 5) is 15.7. The van der Waals surface area contributed by atoms with Gasteiger partial charge in [0.1, 0.15) is 5.82 Å². The molecule has 0 atom stereocenters. The fourth-order valence-corrected chi connectivity index (χ4v) is 2.64. The summed E-state index contributed by atoms with van der Waals surface area (Å²) in [5, 5.41) is 18.4. The topological polar surface area (TPSA) is 75.3 Å². The molecule has 0 aliphatic carbocycles. The van der Waals surface area contributed by atoms with Crippen molar-refractivity contribution in [2.24, 2.45) is 0 Å². The predicted octanol–water partition coefficient (Wildman–Crippen LogP) is 2.98. The summed E-state index contributed by atoms with van der Waals surface area (Å²) in [7, 11) is 0. The summed E-state index contributed by atoms with van der Waals surface area (Å²) < 4.78 is 2.12. The third-order valence-electron chi connectivity index (χ3n) is 3.77. The molecule has 0 fully saturated rings. The van der Waals surface area contributed by atoms with Crippen LogP contribution in [0.15, 0.2) is 18.2 Å². The van der Waals surface area contributed by atoms with Crippen molar-refractivity contribution < 1.29 is 15.0 Å². The van der Waals surface area contributed by atoms with Crippen LogP contribution in [-0.4, -0.2) is 32.3 Å². The van der Waals surface area contributed by atoms with Gasteiger partial charge in [-0.2, -0.15) is 0 Å². The first kappa shape index (κ1) is 15.5. The van der Waals surface area contributed by atoms with Crippen LogP contribution >= 0.6 is 0 Å². The van der Waals surface area contributed by atoms with Crippen molar-refractivity contribution in [2.75, 3.05) is 6.61 Å². The monoisotopic (exact) mass is 290 g/mol. The van der Waals surface area contributed by atoms with E-state index in [2.05, 4.69) is 37.2 Å². The number of hydrogen-bond acceptors (Lipinski definition) is 3. The number of carboxylic acid groups (broad SMARTS) is 1. The maximum Gasteiger partial charge on any atom is 0.335 e. The minimum Gasteiger partial charge on any atom is -0.478 e. The molecule has 2 N–H and O–H groups in total. The van der Waals surface area contributed by atoms with Crippen LogP contribution in [0.5, 0.6) is 0 Å². The summed E-state index contributed by atoms with van der Waals surface area (Å²) >= 11 is 0. The van der Waals surface area contributed by atoms with Crippen molar-refractivity contribution in [3.05, 3.63) is 29.6 Å². The molecule has 21 heavy (non-hydrogen) atoms. The van der Waals surface area contributed by atoms with Gasteiger partial charge in [-0.05, 0) is 38.5 Å². The molecular formula is C16H22N2O3. The Bertz CT molecular complexity index is 671. The van der Waals surface area contributed by atoms with Crippen molar-refractivity contribution in [1.29, 1.82) is 0 Å². The highest BCUT2D eigenvalue weighted by Gasteiger charge is 2.27. The van der Waals surface area contributed by atoms with Gasteiger partial charge in [0.25, 0.3) is 0 Å². The number of hydrogen-bond donors (Lipinski definition) is 2. The van der Waals surface area contributed by atoms with E-state index < -0.39 is 5.97 Å². The van der Waals surface area contributed by atoms with Crippen molar-refractivity contribution in [3.8, 4) is 0 Å². The number of nitrogens with zero attached hydrogens (tertiary/aromatic N) is 2. The second-order valence-corrected chi connectivity index (χ2v) is 6.25. The highest BCUT2D eigenvalue weighted by atomic mass is 16.4. The Labute approximate surface area is 124 Å². The van der Waals surface area contributed by atoms with Gasteiger partial charge < -0.3 is 14.8 Å². The molecule has 0 amide bonds. The minimum atomic E-state index is -0.952. The number of carboxylic acids is 1. The molecule has 1 aromatic carbocycles. The van der Waals surface area contributed by atoms with Crippen LogP contribution in [-0.2, 0) is 5.54 Å². The molecule has 0 spiro atoms. The normalized spacial score (nSPS) is 12.3. The van der Waals surface area contributed by atoms with Gasteiger partial charge in [-0.1, -0.05) is 13.8 Å². The fraction of sp³-hybridized carbons (Fsp3) is 0.500. The molecule has 1 heterocycles. The number of carbonyl (C=O) groups is 1. The molecule has 5 heteroatoms. The van der Waals surface area contributed by atoms with E-state index in [9.17, 15) is 9.90 Å². The van der Waals surface area contributed by atoms with Gasteiger partial charge in [0, 0.05) is 18.1 Å². The predicted molar refractivity (Wildman–Crippen MR) is 81.8 cm³/mol. The first-order valence-electron chi connectivity index (χ1n) is 7.15. The third kappa shape index (κ3) is 2.78. The summed E-state index contributed by atoms with van der Waals surface area (Å²) in [5.41, 5.74) is 1.54. The Morgan fingerprint density at radius 3 is 2.57 bits per heavy atom. The number of aliphatic hydroxyl groups excluding tert-OH is 1. The van der Waals surface area contributed by atoms with Crippen LogP contribution in [0.2, 0.25) is 0 Å². The number of fused-ring (bicyclic) bond motifs is 1. The standard InChI is InChI=1S/C16H22N2O3/c1-10(2)14-17-12-9-11(15(20)21)5-6-13(12)18(14)16(3,4)7-8-19/h5-6,9-10,19H,7-8H2,1-4H3,(H,20,21). The SMILES string of the molecule is CC(C)c1nc2cc(C(=O)O)ccc2n1C(C)(C)CCO. The van der Waals surface area contributed by atoms with Crippen LogP contribution in [0.4, 0.5) is 0 Å². The average molecular weight is 290 g/mol. The molecule has 114 valence electrons. The summed E-state index contributed by atoms with van der Waals surface area (Å²) in [6.45, 7) is 8.33. The van der Waals surface area contributed by atoms with Gasteiger partial charge in [0.05, 0.1) is 16.6 Å². The lowest BCUT2D eigenvalue weighted by atomic mass is 9.99. The van der Waals surface area contributed by atoms with E-state index in [-0.39, 0.29) is 23.6 Å². The van der Waals surface area contributed by atoms with E-state index in [1.54, 1.807) is 18.2 Å². The average Bonchev–Trinajstić information content (AvgIpc) is 2.77. The zero-order chi connectivity index (χ0) is 15.8. The Balaban J connectivity index is 2.72. The maximum atomic E-state index is 11.1. The van der Waals surface area contributed by atoms with Gasteiger partial charge in [-0.3, -0.25) is 0 Å². The molecule has 0 aliphatic rings. The minimum absolute atomic E-state index is 0.0947. The molecule has 5 nitrogen and oxygen atoms in total. The molecule has 0 unspecified atom stereocenters. The molecule has 2 aromatic rings. The Morgan fingerprint density at radius 1 is 1.38 bits per heavy atom. The number of benzene rings is 1. The summed E-state index contributed by atoms with van der Waals surface area (Å²) in [5.74, 6) is 0.168. The molecule has 0 saturated carbocycles. The van der Waals surface area contributed by atoms with Gasteiger partial charge in [-0.25, -0.2) is 9.78 Å². The lowest BCUT2D eigenvalue weighted by Gasteiger charge is -2.29. The van der Waals surface area contributed by atoms with E-state index in [1.807, 2.05) is 0 Å². The molecule has 0 radical (unpaired) electrons. The van der Waals surface area contributed by atoms with E-state index in [0.717, 1.165) is 11.3 Å². The van der Waals surface area contributed by atoms with Crippen LogP contribution in [0.1, 0.15) is 56.2 Å². The number of imidazole rings is 1. The van der Waals surface area contributed by atoms with Crippen LogP contribution in [0, 0.1) is 0 Å². The fourth-order valence-electron chi connectivity index (χ4n) is 2.64. The smallest absolute Gasteiger partial charge is 0.335 e. The van der Waals surface area contributed by atoms with E-state index >= 15 is 0 Å². The second-order valence-electron chi connectivity index (χ2n) is 6.25. The lowest BCUT2D eigenvalue weighted by Crippen LogP contribution is -2.29. The van der Waals surface area contributed by atoms with Gasteiger partial charge in [0.15, 0.2) is 0 Å². The zero-order valence-electron chi connectivity index (χ0n) is 12.9. The Kier molecular flexibility index (Phi) is 4.05. The van der Waals surface area contributed by atoms with E-state index in [4.69, 9.17) is 5.11 Å². The van der Waals surface area contributed by atoms with Gasteiger partial charge in [0.2, 0.25) is 0 Å². The van der Waals surface area contributed by atoms with E-state index in [0.29, 0.717) is 11.9 Å². The quantitative estimate of drug-likeness (QED) is 0.887. The third-order valence-corrected chi connectivity index (χ3v) is 3.77. The maximum absolute atomic E-state index is 11.1. The van der Waals surface area contributed by atoms with Gasteiger partial charge in [-0.15, -0.1) is 0 Å². The highest BCUT2D eigenvalue weighted by molar-refractivity contribution is 5.92. The van der Waals surface area contributed by atoms with Crippen molar-refractivity contribution in [2.45, 2.75) is 45.6 Å². The largest absolute Gasteiger partial charge is 0.478 e. The number of rotatable bonds is 5. The van der Waals surface area contributed by atoms with Crippen molar-refractivity contribution in [3.63, 3.8) is 0 Å². The number of aromatic carboxylic acids is 1. The molecule has 0 saturated heterocycles. The zero-order valence-corrected chi connectivity index (χ0v) is 12.9. The van der Waals surface area contributed by atoms with Gasteiger partial charge >= 0.3 is 5.97 Å². The first-order chi connectivity index (χ1) is 9.77. The molecule has 0 bridgehead atoms. The van der Waals surface area contributed by atoms with Crippen molar-refractivity contribution >= 4 is 17.0 Å². The van der Waals surface area contributed by atoms with E-state index in [1.165, 1.54) is 0 Å². The van der Waals surface area contributed by atoms with Crippen LogP contribution < -0.4 is 0 Å². The Hall–Kier alpha value is -1.88. The first-order valence-corrected chi connectivity index (χ1v) is 7.15. The highest BCUT2D eigenvalue weighted by Crippen LogP contribution is 2.31. The number of aromatic nitrogens is 2. The molecule has 2 rings (SSSR count). The Morgan fingerprint density at radius 2 is 2.05 bits per heavy atom.